The second kappa shape index (κ2) is 23.1. The van der Waals surface area contributed by atoms with Gasteiger partial charge in [0.2, 0.25) is 0 Å². The molecule has 15 rings (SSSR count). The summed E-state index contributed by atoms with van der Waals surface area (Å²) in [5, 5.41) is 18.0. The molecule has 1 radical (unpaired) electrons. The Balaban J connectivity index is 0.000000140. The van der Waals surface area contributed by atoms with Crippen molar-refractivity contribution >= 4 is 123 Å². The van der Waals surface area contributed by atoms with E-state index in [1.165, 1.54) is 40.3 Å². The first-order valence-electron chi connectivity index (χ1n) is 27.2. The van der Waals surface area contributed by atoms with E-state index < -0.39 is 0 Å². The molecule has 7 nitrogen and oxygen atoms in total. The lowest BCUT2D eigenvalue weighted by Crippen LogP contribution is -2.11. The van der Waals surface area contributed by atoms with E-state index in [0.717, 1.165) is 120 Å². The molecule has 1 N–H and O–H groups in total. The highest BCUT2D eigenvalue weighted by molar-refractivity contribution is 9.10. The Bertz CT molecular complexity index is 4480. The van der Waals surface area contributed by atoms with Crippen molar-refractivity contribution in [1.29, 1.82) is 0 Å². The molecule has 0 saturated carbocycles. The molecule has 1 saturated heterocycles. The van der Waals surface area contributed by atoms with Crippen LogP contribution in [0.5, 0.6) is 5.75 Å². The number of fused-ring (bicyclic) bond motifs is 8. The number of anilines is 6. The molecule has 1 aliphatic rings. The zero-order valence-electron chi connectivity index (χ0n) is 44.2. The summed E-state index contributed by atoms with van der Waals surface area (Å²) in [7, 11) is 0.719. The number of benzene rings is 12. The minimum atomic E-state index is 0.587. The van der Waals surface area contributed by atoms with Crippen LogP contribution < -0.4 is 14.5 Å². The van der Waals surface area contributed by atoms with E-state index in [2.05, 4.69) is 220 Å². The Morgan fingerprint density at radius 2 is 0.728 bits per heavy atom. The largest absolute Gasteiger partial charge is 0.569 e. The molecule has 0 unspecified atom stereocenters. The second-order valence-electron chi connectivity index (χ2n) is 19.8. The Hall–Kier alpha value is -9.38. The molecule has 0 atom stereocenters. The Morgan fingerprint density at radius 3 is 1.20 bits per heavy atom. The van der Waals surface area contributed by atoms with Crippen LogP contribution in [0.3, 0.4) is 0 Å². The van der Waals surface area contributed by atoms with Crippen molar-refractivity contribution in [1.82, 2.24) is 0 Å². The molecule has 1 aliphatic heterocycles. The summed E-state index contributed by atoms with van der Waals surface area (Å²) in [5.74, 6) is 0.587. The van der Waals surface area contributed by atoms with Gasteiger partial charge in [-0.15, -0.1) is 0 Å². The number of hydrogen-bond acceptors (Lipinski definition) is 7. The van der Waals surface area contributed by atoms with Crippen LogP contribution >= 0.6 is 15.9 Å². The molecule has 0 amide bonds. The highest BCUT2D eigenvalue weighted by atomic mass is 79.9. The van der Waals surface area contributed by atoms with Gasteiger partial charge < -0.3 is 33.0 Å². The van der Waals surface area contributed by atoms with Gasteiger partial charge in [0.1, 0.15) is 28.1 Å². The van der Waals surface area contributed by atoms with Gasteiger partial charge in [0.25, 0.3) is 0 Å². The van der Waals surface area contributed by atoms with Crippen LogP contribution in [0.2, 0.25) is 0 Å². The van der Waals surface area contributed by atoms with E-state index in [9.17, 15) is 5.02 Å². The van der Waals surface area contributed by atoms with E-state index in [4.69, 9.17) is 18.2 Å². The van der Waals surface area contributed by atoms with Crippen LogP contribution in [0.25, 0.3) is 87.7 Å². The van der Waals surface area contributed by atoms with Gasteiger partial charge in [0.05, 0.1) is 11.4 Å². The maximum atomic E-state index is 9.33. The van der Waals surface area contributed by atoms with Crippen molar-refractivity contribution in [3.8, 4) is 28.0 Å². The van der Waals surface area contributed by atoms with Crippen molar-refractivity contribution in [2.45, 2.75) is 12.8 Å². The standard InChI is InChI=1S/C34H23BNO3.C34H22BrNO.C4H8O/c37-35-39-33-21-20-31(27-10-4-5-11-28(27)33)36(25-16-14-24(15-17-25)23-8-2-1-3-9-23)26-18-19-30-29-12-6-7-13-32(29)38-34(30)22-26;35-31-20-21-32(28-11-5-4-10-27(28)31)36(25-16-14-24(15-17-25)23-8-2-1-3-9-23)26-18-19-30-29-12-6-7-13-33(29)37-34(30)22-26;1-2-4-5-3-1/h1-22,37H;1-22H;1-4H2. The fourth-order valence-electron chi connectivity index (χ4n) is 11.0. The molecular weight excluding hydrogens is 1060 g/mol. The molecule has 14 aromatic rings. The molecule has 0 bridgehead atoms. The lowest BCUT2D eigenvalue weighted by atomic mass is 10.0. The summed E-state index contributed by atoms with van der Waals surface area (Å²) in [6.07, 6.45) is 2.56. The summed E-state index contributed by atoms with van der Waals surface area (Å²) in [6, 6.07) is 92.2. The Morgan fingerprint density at radius 1 is 0.346 bits per heavy atom. The van der Waals surface area contributed by atoms with Gasteiger partial charge in [-0.25, -0.2) is 0 Å². The number of rotatable bonds is 10. The van der Waals surface area contributed by atoms with Crippen LogP contribution in [-0.2, 0) is 4.74 Å². The first-order chi connectivity index (χ1) is 40.1. The fourth-order valence-corrected chi connectivity index (χ4v) is 11.5. The minimum Gasteiger partial charge on any atom is -0.537 e. The molecular formula is C72H53BBrN2O5. The predicted octanol–water partition coefficient (Wildman–Crippen LogP) is 20.2. The van der Waals surface area contributed by atoms with Gasteiger partial charge >= 0.3 is 7.69 Å². The SMILES string of the molecule is Brc1ccc(N(c2ccc(-c3ccccc3)cc2)c2ccc3c(c2)oc2ccccc23)c2ccccc12.C1CCOC1.O[B]Oc1ccc(N(c2ccc(-c3ccccc3)cc2)c2ccc3c(c2)oc2ccccc23)c2ccccc12. The third kappa shape index (κ3) is 10.4. The van der Waals surface area contributed by atoms with Crippen LogP contribution in [0.15, 0.2) is 280 Å². The highest BCUT2D eigenvalue weighted by Gasteiger charge is 2.21. The highest BCUT2D eigenvalue weighted by Crippen LogP contribution is 2.45. The van der Waals surface area contributed by atoms with Crippen LogP contribution in [0.1, 0.15) is 12.8 Å². The van der Waals surface area contributed by atoms with E-state index in [1.807, 2.05) is 72.8 Å². The van der Waals surface area contributed by atoms with Crippen LogP contribution in [0, 0.1) is 0 Å². The number of furan rings is 2. The van der Waals surface area contributed by atoms with E-state index >= 15 is 0 Å². The zero-order valence-corrected chi connectivity index (χ0v) is 45.7. The molecule has 0 spiro atoms. The van der Waals surface area contributed by atoms with Crippen molar-refractivity contribution in [3.63, 3.8) is 0 Å². The molecule has 9 heteroatoms. The molecule has 2 aromatic heterocycles. The Kier molecular flexibility index (Phi) is 14.6. The maximum Gasteiger partial charge on any atom is 0.569 e. The summed E-state index contributed by atoms with van der Waals surface area (Å²) >= 11 is 3.75. The van der Waals surface area contributed by atoms with Gasteiger partial charge in [-0.05, 0) is 125 Å². The summed E-state index contributed by atoms with van der Waals surface area (Å²) in [5.41, 5.74) is 14.4. The molecule has 12 aromatic carbocycles. The molecule has 0 aliphatic carbocycles. The average Bonchev–Trinajstić information content (AvgIpc) is 4.40. The van der Waals surface area contributed by atoms with Crippen molar-refractivity contribution < 1.29 is 23.2 Å². The Labute approximate surface area is 478 Å². The molecule has 1 fully saturated rings. The summed E-state index contributed by atoms with van der Waals surface area (Å²) < 4.78 is 24.0. The lowest BCUT2D eigenvalue weighted by molar-refractivity contribution is 0.198. The van der Waals surface area contributed by atoms with E-state index in [1.54, 1.807) is 0 Å². The van der Waals surface area contributed by atoms with Crippen molar-refractivity contribution in [2.24, 2.45) is 0 Å². The minimum absolute atomic E-state index is 0.587. The number of para-hydroxylation sites is 2. The average molecular weight is 1120 g/mol. The summed E-state index contributed by atoms with van der Waals surface area (Å²) in [6.45, 7) is 2.00. The number of ether oxygens (including phenoxy) is 1. The summed E-state index contributed by atoms with van der Waals surface area (Å²) in [4.78, 5) is 4.55. The lowest BCUT2D eigenvalue weighted by Gasteiger charge is -2.27. The topological polar surface area (TPSA) is 71.5 Å². The quantitative estimate of drug-likeness (QED) is 0.137. The molecule has 391 valence electrons. The third-order valence-corrected chi connectivity index (χ3v) is 15.6. The van der Waals surface area contributed by atoms with Gasteiger partial charge in [-0.3, -0.25) is 0 Å². The fraction of sp³-hybridized carbons (Fsp3) is 0.0556. The predicted molar refractivity (Wildman–Crippen MR) is 339 cm³/mol. The number of nitrogens with zero attached hydrogens (tertiary/aromatic N) is 2. The van der Waals surface area contributed by atoms with Gasteiger partial charge in [-0.1, -0.05) is 186 Å². The van der Waals surface area contributed by atoms with Gasteiger partial charge in [0, 0.05) is 90.3 Å². The van der Waals surface area contributed by atoms with E-state index in [-0.39, 0.29) is 0 Å². The van der Waals surface area contributed by atoms with Crippen LogP contribution in [0.4, 0.5) is 34.1 Å². The van der Waals surface area contributed by atoms with Crippen molar-refractivity contribution in [2.75, 3.05) is 23.0 Å². The van der Waals surface area contributed by atoms with Crippen LogP contribution in [-0.4, -0.2) is 25.9 Å². The zero-order chi connectivity index (χ0) is 54.5. The van der Waals surface area contributed by atoms with E-state index in [0.29, 0.717) is 5.75 Å². The van der Waals surface area contributed by atoms with Gasteiger partial charge in [-0.2, -0.15) is 0 Å². The van der Waals surface area contributed by atoms with Gasteiger partial charge in [0.15, 0.2) is 0 Å². The number of hydrogen-bond donors (Lipinski definition) is 1. The molecule has 81 heavy (non-hydrogen) atoms. The normalized spacial score (nSPS) is 12.1. The monoisotopic (exact) mass is 1120 g/mol. The number of halogens is 1. The maximum absolute atomic E-state index is 9.33. The third-order valence-electron chi connectivity index (χ3n) is 14.9. The first-order valence-corrected chi connectivity index (χ1v) is 28.0. The first kappa shape index (κ1) is 51.1. The second-order valence-corrected chi connectivity index (χ2v) is 20.7. The smallest absolute Gasteiger partial charge is 0.537 e. The van der Waals surface area contributed by atoms with Crippen molar-refractivity contribution in [3.05, 3.63) is 271 Å². The molecule has 3 heterocycles.